The molecule has 108 valence electrons. The smallest absolute Gasteiger partial charge is 0.135 e. The summed E-state index contributed by atoms with van der Waals surface area (Å²) in [6.45, 7) is 6.99. The third-order valence-electron chi connectivity index (χ3n) is 3.20. The summed E-state index contributed by atoms with van der Waals surface area (Å²) in [5, 5.41) is 3.32. The summed E-state index contributed by atoms with van der Waals surface area (Å²) >= 11 is 0. The van der Waals surface area contributed by atoms with Gasteiger partial charge in [-0.3, -0.25) is 4.79 Å². The summed E-state index contributed by atoms with van der Waals surface area (Å²) in [7, 11) is 0. The second-order valence-corrected chi connectivity index (χ2v) is 5.35. The van der Waals surface area contributed by atoms with Gasteiger partial charge >= 0.3 is 0 Å². The monoisotopic (exact) mass is 265 g/mol. The van der Waals surface area contributed by atoms with Crippen LogP contribution in [0.25, 0.3) is 0 Å². The van der Waals surface area contributed by atoms with Gasteiger partial charge in [0.15, 0.2) is 0 Å². The highest BCUT2D eigenvalue weighted by molar-refractivity contribution is 5.80. The van der Waals surface area contributed by atoms with Gasteiger partial charge in [0, 0.05) is 25.3 Å². The Morgan fingerprint density at radius 3 is 2.84 bits per heavy atom. The minimum Gasteiger partial charge on any atom is -0.370 e. The number of rotatable bonds is 10. The fraction of sp³-hybridized carbons (Fsp3) is 0.733. The van der Waals surface area contributed by atoms with E-state index in [2.05, 4.69) is 22.2 Å². The summed E-state index contributed by atoms with van der Waals surface area (Å²) in [5.41, 5.74) is 0. The van der Waals surface area contributed by atoms with Gasteiger partial charge in [-0.1, -0.05) is 27.2 Å². The van der Waals surface area contributed by atoms with Crippen LogP contribution in [-0.2, 0) is 11.2 Å². The van der Waals surface area contributed by atoms with Crippen LogP contribution in [0.1, 0.15) is 58.7 Å². The van der Waals surface area contributed by atoms with Gasteiger partial charge in [0.05, 0.1) is 6.20 Å². The molecule has 1 aromatic rings. The van der Waals surface area contributed by atoms with Crippen molar-refractivity contribution in [2.75, 3.05) is 11.9 Å². The van der Waals surface area contributed by atoms with Crippen molar-refractivity contribution in [3.8, 4) is 0 Å². The number of hydrogen-bond acceptors (Lipinski definition) is 3. The van der Waals surface area contributed by atoms with Gasteiger partial charge in [0.2, 0.25) is 0 Å². The summed E-state index contributed by atoms with van der Waals surface area (Å²) in [4.78, 5) is 19.1. The fourth-order valence-electron chi connectivity index (χ4n) is 1.86. The lowest BCUT2D eigenvalue weighted by molar-refractivity contribution is -0.122. The molecule has 1 rings (SSSR count). The Bertz CT molecular complexity index is 371. The zero-order chi connectivity index (χ0) is 14.1. The van der Waals surface area contributed by atoms with Crippen molar-refractivity contribution in [1.29, 1.82) is 0 Å². The molecule has 4 heteroatoms. The molecule has 4 nitrogen and oxygen atoms in total. The van der Waals surface area contributed by atoms with E-state index in [0.717, 1.165) is 37.4 Å². The number of carbonyl (C=O) groups excluding carboxylic acids is 1. The molecule has 0 bridgehead atoms. The molecule has 1 heterocycles. The van der Waals surface area contributed by atoms with Gasteiger partial charge < -0.3 is 10.3 Å². The second-order valence-electron chi connectivity index (χ2n) is 5.35. The number of Topliss-reactive ketones (excluding diaryl/α,β-unsaturated/α-hetero) is 1. The van der Waals surface area contributed by atoms with E-state index in [1.807, 2.05) is 20.0 Å². The van der Waals surface area contributed by atoms with Crippen molar-refractivity contribution in [1.82, 2.24) is 9.97 Å². The molecular formula is C15H27N3O. The number of aromatic amines is 1. The molecule has 0 unspecified atom stereocenters. The molecule has 0 saturated carbocycles. The minimum absolute atomic E-state index is 0.168. The van der Waals surface area contributed by atoms with Gasteiger partial charge in [0.25, 0.3) is 0 Å². The number of ketones is 1. The molecule has 0 radical (unpaired) electrons. The third kappa shape index (κ3) is 6.41. The highest BCUT2D eigenvalue weighted by Crippen LogP contribution is 2.08. The molecule has 0 saturated heterocycles. The van der Waals surface area contributed by atoms with E-state index >= 15 is 0 Å². The number of nitrogens with zero attached hydrogens (tertiary/aromatic N) is 1. The molecular weight excluding hydrogens is 238 g/mol. The van der Waals surface area contributed by atoms with Crippen LogP contribution in [0.2, 0.25) is 0 Å². The second kappa shape index (κ2) is 8.73. The first-order chi connectivity index (χ1) is 9.13. The number of imidazole rings is 1. The largest absolute Gasteiger partial charge is 0.370 e. The molecule has 0 aromatic carbocycles. The molecule has 19 heavy (non-hydrogen) atoms. The Labute approximate surface area is 116 Å². The maximum absolute atomic E-state index is 11.4. The average molecular weight is 265 g/mol. The molecule has 2 N–H and O–H groups in total. The Hall–Kier alpha value is -1.32. The summed E-state index contributed by atoms with van der Waals surface area (Å²) in [6.07, 6.45) is 7.90. The highest BCUT2D eigenvalue weighted by Gasteiger charge is 2.06. The Morgan fingerprint density at radius 1 is 1.37 bits per heavy atom. The number of nitrogens with one attached hydrogen (secondary N) is 2. The average Bonchev–Trinajstić information content (AvgIpc) is 2.83. The number of anilines is 1. The SMILES string of the molecule is CCCCc1ncc(NCCCCC(=O)C(C)C)[nH]1. The van der Waals surface area contributed by atoms with E-state index in [1.165, 1.54) is 12.8 Å². The first-order valence-electron chi connectivity index (χ1n) is 7.44. The number of carbonyl (C=O) groups is 1. The molecule has 0 aliphatic carbocycles. The zero-order valence-corrected chi connectivity index (χ0v) is 12.5. The minimum atomic E-state index is 0.168. The predicted molar refractivity (Wildman–Crippen MR) is 79.4 cm³/mol. The van der Waals surface area contributed by atoms with E-state index in [-0.39, 0.29) is 5.92 Å². The van der Waals surface area contributed by atoms with E-state index in [4.69, 9.17) is 0 Å². The number of aryl methyl sites for hydroxylation is 1. The van der Waals surface area contributed by atoms with Crippen LogP contribution in [0.5, 0.6) is 0 Å². The van der Waals surface area contributed by atoms with E-state index in [0.29, 0.717) is 12.2 Å². The van der Waals surface area contributed by atoms with Crippen molar-refractivity contribution < 1.29 is 4.79 Å². The summed E-state index contributed by atoms with van der Waals surface area (Å²) in [6, 6.07) is 0. The van der Waals surface area contributed by atoms with Crippen LogP contribution in [0.15, 0.2) is 6.20 Å². The van der Waals surface area contributed by atoms with Gasteiger partial charge in [-0.2, -0.15) is 0 Å². The molecule has 1 aromatic heterocycles. The summed E-state index contributed by atoms with van der Waals surface area (Å²) < 4.78 is 0. The van der Waals surface area contributed by atoms with Crippen LogP contribution < -0.4 is 5.32 Å². The molecule has 0 atom stereocenters. The normalized spacial score (nSPS) is 10.9. The first kappa shape index (κ1) is 15.7. The van der Waals surface area contributed by atoms with Crippen molar-refractivity contribution in [3.63, 3.8) is 0 Å². The fourth-order valence-corrected chi connectivity index (χ4v) is 1.86. The topological polar surface area (TPSA) is 57.8 Å². The standard InChI is InChI=1S/C15H27N3O/c1-4-5-9-14-17-11-15(18-14)16-10-7-6-8-13(19)12(2)3/h11-12,16H,4-10H2,1-3H3,(H,17,18). The van der Waals surface area contributed by atoms with E-state index < -0.39 is 0 Å². The highest BCUT2D eigenvalue weighted by atomic mass is 16.1. The van der Waals surface area contributed by atoms with Crippen molar-refractivity contribution in [3.05, 3.63) is 12.0 Å². The molecule has 0 aliphatic heterocycles. The van der Waals surface area contributed by atoms with Crippen LogP contribution in [0.4, 0.5) is 5.82 Å². The zero-order valence-electron chi connectivity index (χ0n) is 12.5. The van der Waals surface area contributed by atoms with E-state index in [9.17, 15) is 4.79 Å². The Kier molecular flexibility index (Phi) is 7.23. The quantitative estimate of drug-likeness (QED) is 0.636. The lowest BCUT2D eigenvalue weighted by atomic mass is 10.0. The Morgan fingerprint density at radius 2 is 2.16 bits per heavy atom. The number of hydrogen-bond donors (Lipinski definition) is 2. The number of aromatic nitrogens is 2. The summed E-state index contributed by atoms with van der Waals surface area (Å²) in [5.74, 6) is 2.57. The number of unbranched alkanes of at least 4 members (excludes halogenated alkanes) is 2. The van der Waals surface area contributed by atoms with Crippen LogP contribution >= 0.6 is 0 Å². The maximum Gasteiger partial charge on any atom is 0.135 e. The van der Waals surface area contributed by atoms with Crippen LogP contribution in [0.3, 0.4) is 0 Å². The molecule has 0 amide bonds. The van der Waals surface area contributed by atoms with Gasteiger partial charge in [-0.25, -0.2) is 4.98 Å². The lowest BCUT2D eigenvalue weighted by Gasteiger charge is -2.05. The first-order valence-corrected chi connectivity index (χ1v) is 7.44. The van der Waals surface area contributed by atoms with Gasteiger partial charge in [-0.15, -0.1) is 0 Å². The molecule has 0 fully saturated rings. The van der Waals surface area contributed by atoms with Crippen molar-refractivity contribution in [2.24, 2.45) is 5.92 Å². The predicted octanol–water partition coefficient (Wildman–Crippen LogP) is 3.56. The lowest BCUT2D eigenvalue weighted by Crippen LogP contribution is -2.08. The van der Waals surface area contributed by atoms with E-state index in [1.54, 1.807) is 0 Å². The molecule has 0 spiro atoms. The van der Waals surface area contributed by atoms with Crippen molar-refractivity contribution >= 4 is 11.6 Å². The Balaban J connectivity index is 2.12. The number of H-pyrrole nitrogens is 1. The van der Waals surface area contributed by atoms with Crippen molar-refractivity contribution in [2.45, 2.75) is 59.3 Å². The van der Waals surface area contributed by atoms with Gasteiger partial charge in [0.1, 0.15) is 17.4 Å². The molecule has 0 aliphatic rings. The van der Waals surface area contributed by atoms with Gasteiger partial charge in [-0.05, 0) is 19.3 Å². The maximum atomic E-state index is 11.4. The third-order valence-corrected chi connectivity index (χ3v) is 3.20. The van der Waals surface area contributed by atoms with Crippen LogP contribution in [-0.4, -0.2) is 22.3 Å². The van der Waals surface area contributed by atoms with Crippen LogP contribution in [0, 0.1) is 5.92 Å².